The molecule has 24 atom stereocenters. The monoisotopic (exact) mass is 984 g/mol. The van der Waals surface area contributed by atoms with E-state index in [1.54, 1.807) is 6.92 Å². The molecule has 0 bridgehead atoms. The summed E-state index contributed by atoms with van der Waals surface area (Å²) in [5.41, 5.74) is -2.69. The van der Waals surface area contributed by atoms with Gasteiger partial charge in [0.2, 0.25) is 6.29 Å². The summed E-state index contributed by atoms with van der Waals surface area (Å²) in [6.07, 6.45) is -21.6. The molecule has 8 aliphatic rings. The second-order valence-electron chi connectivity index (χ2n) is 23.4. The third-order valence-corrected chi connectivity index (χ3v) is 19.3. The summed E-state index contributed by atoms with van der Waals surface area (Å²) in [7, 11) is 0. The standard InChI is InChI=1S/C48H72O21/c1-43(2)23-8-11-48(7)36(21(50)16-19-20-17-45(4,13-12-44(20,3)14-15-47(19,48)6)42(63)69-39-31(57)26(52)25(51)22(18-49)64-39)46(23,5)10-9-24(43)65-41-35(30(56)29(55)34(67-41)38(61)62)68-40-32(58)27(53)28(54)33(66-40)37(59)60/h16,20,22-36,39-41,49,51-58H,8-15,17-18H2,1-7H3,(H,59,60)(H,61,62)/t20-,22-,23-,24-,25-,26+,27-,28-,29-,30-,31-,32+,33-,34-,35+,36+,39-,40-,41+,44+,45-,46-,47+,48+/m0/s1. The number of aliphatic hydroxyl groups excluding tert-OH is 9. The zero-order chi connectivity index (χ0) is 50.9. The van der Waals surface area contributed by atoms with Crippen LogP contribution in [0, 0.1) is 50.2 Å². The van der Waals surface area contributed by atoms with Crippen LogP contribution in [-0.4, -0.2) is 185 Å². The van der Waals surface area contributed by atoms with E-state index in [-0.39, 0.29) is 23.0 Å². The Kier molecular flexibility index (Phi) is 13.7. The van der Waals surface area contributed by atoms with Gasteiger partial charge in [0, 0.05) is 5.92 Å². The molecule has 0 radical (unpaired) electrons. The van der Waals surface area contributed by atoms with Crippen molar-refractivity contribution in [2.45, 2.75) is 204 Å². The Morgan fingerprint density at radius 3 is 1.86 bits per heavy atom. The Bertz CT molecular complexity index is 2050. The van der Waals surface area contributed by atoms with Crippen LogP contribution >= 0.6 is 0 Å². The van der Waals surface area contributed by atoms with Gasteiger partial charge in [0.05, 0.1) is 18.1 Å². The van der Waals surface area contributed by atoms with E-state index in [0.29, 0.717) is 44.9 Å². The van der Waals surface area contributed by atoms with Crippen molar-refractivity contribution in [2.75, 3.05) is 6.61 Å². The van der Waals surface area contributed by atoms with E-state index < -0.39 is 156 Å². The van der Waals surface area contributed by atoms with Gasteiger partial charge in [-0.1, -0.05) is 47.1 Å². The predicted octanol–water partition coefficient (Wildman–Crippen LogP) is -0.496. The molecule has 0 unspecified atom stereocenters. The van der Waals surface area contributed by atoms with Gasteiger partial charge in [0.15, 0.2) is 30.6 Å². The normalized spacial score (nSPS) is 52.8. The first-order valence-electron chi connectivity index (χ1n) is 24.3. The van der Waals surface area contributed by atoms with Gasteiger partial charge in [0.1, 0.15) is 61.0 Å². The van der Waals surface area contributed by atoms with E-state index in [1.165, 1.54) is 0 Å². The second-order valence-corrected chi connectivity index (χ2v) is 23.4. The van der Waals surface area contributed by atoms with Gasteiger partial charge >= 0.3 is 17.9 Å². The molecule has 0 aromatic rings. The summed E-state index contributed by atoms with van der Waals surface area (Å²) in [6.45, 7) is 13.9. The van der Waals surface area contributed by atoms with Crippen molar-refractivity contribution in [1.82, 2.24) is 0 Å². The third-order valence-electron chi connectivity index (χ3n) is 19.3. The number of aliphatic hydroxyl groups is 9. The molecule has 3 saturated heterocycles. The highest BCUT2D eigenvalue weighted by Gasteiger charge is 2.71. The number of allylic oxidation sites excluding steroid dienone is 2. The molecule has 3 heterocycles. The van der Waals surface area contributed by atoms with E-state index in [9.17, 15) is 70.6 Å². The topological polar surface area (TPSA) is 346 Å². The summed E-state index contributed by atoms with van der Waals surface area (Å²) in [6, 6.07) is 0. The molecule has 0 spiro atoms. The fourth-order valence-electron chi connectivity index (χ4n) is 14.8. The maximum Gasteiger partial charge on any atom is 0.335 e. The van der Waals surface area contributed by atoms with Crippen LogP contribution in [0.3, 0.4) is 0 Å². The van der Waals surface area contributed by atoms with Crippen LogP contribution in [0.2, 0.25) is 0 Å². The fourth-order valence-corrected chi connectivity index (χ4v) is 14.8. The fraction of sp³-hybridized carbons (Fsp3) is 0.875. The number of carboxylic acid groups (broad SMARTS) is 2. The van der Waals surface area contributed by atoms with Crippen LogP contribution in [0.15, 0.2) is 11.6 Å². The number of carbonyl (C=O) groups excluding carboxylic acids is 2. The number of aliphatic carboxylic acids is 2. The Morgan fingerprint density at radius 1 is 0.652 bits per heavy atom. The molecule has 0 aromatic heterocycles. The van der Waals surface area contributed by atoms with E-state index >= 15 is 4.79 Å². The number of rotatable bonds is 9. The molecular formula is C48H72O21. The summed E-state index contributed by atoms with van der Waals surface area (Å²) < 4.78 is 34.7. The first-order valence-corrected chi connectivity index (χ1v) is 24.3. The molecule has 11 N–H and O–H groups in total. The van der Waals surface area contributed by atoms with Crippen LogP contribution in [0.5, 0.6) is 0 Å². The van der Waals surface area contributed by atoms with Crippen molar-refractivity contribution in [3.8, 4) is 0 Å². The van der Waals surface area contributed by atoms with Gasteiger partial charge in [-0.3, -0.25) is 9.59 Å². The van der Waals surface area contributed by atoms with Crippen LogP contribution in [0.4, 0.5) is 0 Å². The lowest BCUT2D eigenvalue weighted by molar-refractivity contribution is -0.371. The van der Waals surface area contributed by atoms with E-state index in [4.69, 9.17) is 28.4 Å². The molecule has 69 heavy (non-hydrogen) atoms. The van der Waals surface area contributed by atoms with Crippen molar-refractivity contribution < 1.29 is 104 Å². The van der Waals surface area contributed by atoms with Gasteiger partial charge in [0.25, 0.3) is 0 Å². The van der Waals surface area contributed by atoms with Crippen LogP contribution in [0.1, 0.15) is 106 Å². The molecule has 4 saturated carbocycles. The maximum absolute atomic E-state index is 15.2. The summed E-state index contributed by atoms with van der Waals surface area (Å²) in [4.78, 5) is 53.4. The number of hydrogen-bond acceptors (Lipinski definition) is 19. The number of carbonyl (C=O) groups is 4. The number of esters is 1. The van der Waals surface area contributed by atoms with Gasteiger partial charge in [-0.25, -0.2) is 9.59 Å². The van der Waals surface area contributed by atoms with Gasteiger partial charge in [-0.05, 0) is 110 Å². The van der Waals surface area contributed by atoms with E-state index in [0.717, 1.165) is 18.4 Å². The van der Waals surface area contributed by atoms with Crippen molar-refractivity contribution >= 4 is 23.7 Å². The number of ketones is 1. The molecule has 0 aromatic carbocycles. The molecule has 8 rings (SSSR count). The lowest BCUT2D eigenvalue weighted by Crippen LogP contribution is -2.68. The number of ether oxygens (including phenoxy) is 6. The molecule has 390 valence electrons. The van der Waals surface area contributed by atoms with E-state index in [1.807, 2.05) is 19.9 Å². The lowest BCUT2D eigenvalue weighted by Gasteiger charge is -2.70. The van der Waals surface area contributed by atoms with Crippen LogP contribution in [-0.2, 0) is 47.6 Å². The van der Waals surface area contributed by atoms with Gasteiger partial charge in [-0.2, -0.15) is 0 Å². The minimum atomic E-state index is -2.08. The minimum absolute atomic E-state index is 0.0173. The molecule has 7 fully saturated rings. The first-order chi connectivity index (χ1) is 32.0. The summed E-state index contributed by atoms with van der Waals surface area (Å²) in [5, 5.41) is 114. The molecule has 5 aliphatic carbocycles. The lowest BCUT2D eigenvalue weighted by atomic mass is 9.33. The minimum Gasteiger partial charge on any atom is -0.479 e. The molecule has 0 amide bonds. The summed E-state index contributed by atoms with van der Waals surface area (Å²) in [5.74, 6) is -4.80. The Labute approximate surface area is 399 Å². The van der Waals surface area contributed by atoms with Gasteiger partial charge < -0.3 is 84.6 Å². The maximum atomic E-state index is 15.2. The van der Waals surface area contributed by atoms with Gasteiger partial charge in [-0.15, -0.1) is 0 Å². The zero-order valence-electron chi connectivity index (χ0n) is 40.1. The molecule has 21 heteroatoms. The number of hydrogen-bond donors (Lipinski definition) is 11. The quantitative estimate of drug-likeness (QED) is 0.102. The largest absolute Gasteiger partial charge is 0.479 e. The van der Waals surface area contributed by atoms with Crippen molar-refractivity contribution in [3.05, 3.63) is 11.6 Å². The van der Waals surface area contributed by atoms with Crippen LogP contribution in [0.25, 0.3) is 0 Å². The van der Waals surface area contributed by atoms with Crippen molar-refractivity contribution in [2.24, 2.45) is 50.2 Å². The Hall–Kier alpha value is -2.74. The molecule has 21 nitrogen and oxygen atoms in total. The zero-order valence-corrected chi connectivity index (χ0v) is 40.1. The van der Waals surface area contributed by atoms with E-state index in [2.05, 4.69) is 27.7 Å². The number of fused-ring (bicyclic) bond motifs is 7. The molecular weight excluding hydrogens is 913 g/mol. The second kappa shape index (κ2) is 18.0. The van der Waals surface area contributed by atoms with Crippen LogP contribution < -0.4 is 0 Å². The average Bonchev–Trinajstić information content (AvgIpc) is 3.27. The smallest absolute Gasteiger partial charge is 0.335 e. The van der Waals surface area contributed by atoms with Crippen molar-refractivity contribution in [3.63, 3.8) is 0 Å². The van der Waals surface area contributed by atoms with Crippen molar-refractivity contribution in [1.29, 1.82) is 0 Å². The Morgan fingerprint density at radius 2 is 1.23 bits per heavy atom. The highest BCUT2D eigenvalue weighted by Crippen LogP contribution is 2.75. The number of carboxylic acids is 2. The average molecular weight is 985 g/mol. The third kappa shape index (κ3) is 8.13. The Balaban J connectivity index is 1.04. The predicted molar refractivity (Wildman–Crippen MR) is 232 cm³/mol. The highest BCUT2D eigenvalue weighted by atomic mass is 16.8. The summed E-state index contributed by atoms with van der Waals surface area (Å²) >= 11 is 0. The SMILES string of the molecule is CC1(C)[C@@H](O[C@@H]2O[C@H](C(=O)O)[C@@H](O)[C@H](O)[C@H]2O[C@@H]2O[C@H](C(=O)O)[C@@H](O)[C@H](O)[C@H]2O)CC[C@]2(C)[C@H]3C(=O)C=C4[C@@H]5C[C@@](C)(C(=O)O[C@@H]6O[C@@H](CO)[C@H](O)[C@@H](O)[C@@H]6O)CC[C@]5(C)CC[C@@]4(C)[C@]3(C)CC[C@@H]12. The first kappa shape index (κ1) is 52.6. The molecule has 3 aliphatic heterocycles. The highest BCUT2D eigenvalue weighted by molar-refractivity contribution is 5.95.